The summed E-state index contributed by atoms with van der Waals surface area (Å²) in [5.41, 5.74) is 2.47. The van der Waals surface area contributed by atoms with Crippen molar-refractivity contribution in [2.75, 3.05) is 5.32 Å². The zero-order valence-corrected chi connectivity index (χ0v) is 10.9. The van der Waals surface area contributed by atoms with E-state index in [1.807, 2.05) is 0 Å². The second-order valence-electron chi connectivity index (χ2n) is 4.59. The Bertz CT molecular complexity index is 309. The number of benzene rings is 1. The summed E-state index contributed by atoms with van der Waals surface area (Å²) in [6.07, 6.45) is 2.76. The van der Waals surface area contributed by atoms with Gasteiger partial charge < -0.3 is 5.32 Å². The van der Waals surface area contributed by atoms with E-state index in [0.29, 0.717) is 12.2 Å². The maximum Gasteiger partial charge on any atom is 0.0741 e. The summed E-state index contributed by atoms with van der Waals surface area (Å²) in [7, 11) is 0. The first kappa shape index (κ1) is 13.0. The molecule has 0 aliphatic heterocycles. The Morgan fingerprint density at radius 3 is 2.62 bits per heavy atom. The van der Waals surface area contributed by atoms with E-state index in [2.05, 4.69) is 62.6 Å². The van der Waals surface area contributed by atoms with Crippen molar-refractivity contribution in [3.63, 3.8) is 0 Å². The van der Waals surface area contributed by atoms with E-state index in [0.717, 1.165) is 0 Å². The molecule has 90 valence electrons. The lowest BCUT2D eigenvalue weighted by Crippen LogP contribution is -2.39. The Hall–Kier alpha value is -1.02. The lowest BCUT2D eigenvalue weighted by atomic mass is 10.2. The van der Waals surface area contributed by atoms with Gasteiger partial charge in [-0.25, -0.2) is 0 Å². The Kier molecular flexibility index (Phi) is 5.33. The Morgan fingerprint density at radius 2 is 2.00 bits per heavy atom. The predicted octanol–water partition coefficient (Wildman–Crippen LogP) is 3.53. The van der Waals surface area contributed by atoms with Gasteiger partial charge in [0, 0.05) is 11.7 Å². The minimum atomic E-state index is 0.309. The molecule has 0 bridgehead atoms. The average Bonchev–Trinajstić information content (AvgIpc) is 2.17. The van der Waals surface area contributed by atoms with Gasteiger partial charge in [-0.15, -0.1) is 0 Å². The van der Waals surface area contributed by atoms with Gasteiger partial charge in [0.25, 0.3) is 0 Å². The van der Waals surface area contributed by atoms with Crippen LogP contribution < -0.4 is 10.6 Å². The second kappa shape index (κ2) is 6.54. The van der Waals surface area contributed by atoms with Crippen molar-refractivity contribution in [2.24, 2.45) is 0 Å². The predicted molar refractivity (Wildman–Crippen MR) is 71.8 cm³/mol. The minimum Gasteiger partial charge on any atom is -0.370 e. The smallest absolute Gasteiger partial charge is 0.0741 e. The highest BCUT2D eigenvalue weighted by molar-refractivity contribution is 5.45. The Balaban J connectivity index is 2.42. The van der Waals surface area contributed by atoms with Crippen LogP contribution in [-0.2, 0) is 0 Å². The number of hydrogen-bond acceptors (Lipinski definition) is 2. The van der Waals surface area contributed by atoms with Crippen molar-refractivity contribution < 1.29 is 0 Å². The van der Waals surface area contributed by atoms with Crippen LogP contribution in [0.25, 0.3) is 0 Å². The Labute approximate surface area is 99.5 Å². The molecule has 0 spiro atoms. The van der Waals surface area contributed by atoms with E-state index in [-0.39, 0.29) is 0 Å². The summed E-state index contributed by atoms with van der Waals surface area (Å²) in [4.78, 5) is 0. The molecule has 1 rings (SSSR count). The molecule has 0 radical (unpaired) electrons. The summed E-state index contributed by atoms with van der Waals surface area (Å²) in [6, 6.07) is 9.04. The maximum atomic E-state index is 3.54. The highest BCUT2D eigenvalue weighted by atomic mass is 15.1. The van der Waals surface area contributed by atoms with Crippen molar-refractivity contribution in [1.82, 2.24) is 5.32 Å². The number of anilines is 1. The standard InChI is InChI=1S/C14H24N2/c1-5-7-12(3)15-13(4)16-14-9-6-8-11(2)10-14/h6,8-10,12-13,15-16H,5,7H2,1-4H3. The number of rotatable bonds is 6. The molecule has 0 amide bonds. The molecule has 0 fully saturated rings. The fraction of sp³-hybridized carbons (Fsp3) is 0.571. The SMILES string of the molecule is CCCC(C)NC(C)Nc1cccc(C)c1. The molecule has 0 aliphatic carbocycles. The largest absolute Gasteiger partial charge is 0.370 e. The van der Waals surface area contributed by atoms with Gasteiger partial charge in [-0.2, -0.15) is 0 Å². The topological polar surface area (TPSA) is 24.1 Å². The molecule has 2 N–H and O–H groups in total. The van der Waals surface area contributed by atoms with Crippen molar-refractivity contribution in [3.8, 4) is 0 Å². The van der Waals surface area contributed by atoms with Crippen LogP contribution in [0.1, 0.15) is 39.2 Å². The zero-order valence-electron chi connectivity index (χ0n) is 10.9. The molecular weight excluding hydrogens is 196 g/mol. The fourth-order valence-electron chi connectivity index (χ4n) is 1.97. The first-order chi connectivity index (χ1) is 7.61. The summed E-state index contributed by atoms with van der Waals surface area (Å²) < 4.78 is 0. The van der Waals surface area contributed by atoms with Gasteiger partial charge in [0.2, 0.25) is 0 Å². The van der Waals surface area contributed by atoms with Gasteiger partial charge in [0.05, 0.1) is 6.17 Å². The van der Waals surface area contributed by atoms with Gasteiger partial charge >= 0.3 is 0 Å². The van der Waals surface area contributed by atoms with E-state index in [1.165, 1.54) is 24.1 Å². The van der Waals surface area contributed by atoms with Crippen LogP contribution in [0.2, 0.25) is 0 Å². The van der Waals surface area contributed by atoms with E-state index in [4.69, 9.17) is 0 Å². The molecule has 16 heavy (non-hydrogen) atoms. The summed E-state index contributed by atoms with van der Waals surface area (Å²) in [5, 5.41) is 7.00. The molecule has 2 nitrogen and oxygen atoms in total. The minimum absolute atomic E-state index is 0.309. The fourth-order valence-corrected chi connectivity index (χ4v) is 1.97. The highest BCUT2D eigenvalue weighted by Gasteiger charge is 2.05. The summed E-state index contributed by atoms with van der Waals surface area (Å²) in [6.45, 7) is 8.73. The first-order valence-corrected chi connectivity index (χ1v) is 6.21. The molecule has 2 atom stereocenters. The molecule has 2 heteroatoms. The van der Waals surface area contributed by atoms with Crippen LogP contribution in [-0.4, -0.2) is 12.2 Å². The monoisotopic (exact) mass is 220 g/mol. The third-order valence-corrected chi connectivity index (χ3v) is 2.66. The first-order valence-electron chi connectivity index (χ1n) is 6.21. The maximum absolute atomic E-state index is 3.54. The van der Waals surface area contributed by atoms with E-state index < -0.39 is 0 Å². The molecule has 0 aromatic heterocycles. The summed E-state index contributed by atoms with van der Waals surface area (Å²) >= 11 is 0. The van der Waals surface area contributed by atoms with E-state index in [1.54, 1.807) is 0 Å². The summed E-state index contributed by atoms with van der Waals surface area (Å²) in [5.74, 6) is 0. The second-order valence-corrected chi connectivity index (χ2v) is 4.59. The Morgan fingerprint density at radius 1 is 1.25 bits per heavy atom. The van der Waals surface area contributed by atoms with Gasteiger partial charge in [0.1, 0.15) is 0 Å². The number of nitrogens with one attached hydrogen (secondary N) is 2. The lowest BCUT2D eigenvalue weighted by molar-refractivity contribution is 0.468. The van der Waals surface area contributed by atoms with Crippen LogP contribution >= 0.6 is 0 Å². The molecule has 2 unspecified atom stereocenters. The molecule has 0 saturated carbocycles. The van der Waals surface area contributed by atoms with Crippen LogP contribution in [0.5, 0.6) is 0 Å². The van der Waals surface area contributed by atoms with E-state index >= 15 is 0 Å². The van der Waals surface area contributed by atoms with Crippen LogP contribution in [0.4, 0.5) is 5.69 Å². The van der Waals surface area contributed by atoms with Crippen molar-refractivity contribution in [1.29, 1.82) is 0 Å². The normalized spacial score (nSPS) is 14.5. The molecule has 0 saturated heterocycles. The molecule has 1 aromatic rings. The molecule has 0 heterocycles. The van der Waals surface area contributed by atoms with E-state index in [9.17, 15) is 0 Å². The zero-order chi connectivity index (χ0) is 12.0. The van der Waals surface area contributed by atoms with Crippen LogP contribution in [0.3, 0.4) is 0 Å². The van der Waals surface area contributed by atoms with Crippen LogP contribution in [0.15, 0.2) is 24.3 Å². The van der Waals surface area contributed by atoms with Crippen LogP contribution in [0, 0.1) is 6.92 Å². The number of hydrogen-bond donors (Lipinski definition) is 2. The van der Waals surface area contributed by atoms with Gasteiger partial charge in [-0.1, -0.05) is 25.5 Å². The van der Waals surface area contributed by atoms with Gasteiger partial charge in [-0.3, -0.25) is 5.32 Å². The van der Waals surface area contributed by atoms with Crippen molar-refractivity contribution in [3.05, 3.63) is 29.8 Å². The highest BCUT2D eigenvalue weighted by Crippen LogP contribution is 2.10. The quantitative estimate of drug-likeness (QED) is 0.717. The average molecular weight is 220 g/mol. The molecular formula is C14H24N2. The van der Waals surface area contributed by atoms with Gasteiger partial charge in [-0.05, 0) is 44.9 Å². The van der Waals surface area contributed by atoms with Crippen molar-refractivity contribution >= 4 is 5.69 Å². The third-order valence-electron chi connectivity index (χ3n) is 2.66. The number of aryl methyl sites for hydroxylation is 1. The lowest BCUT2D eigenvalue weighted by Gasteiger charge is -2.21. The molecule has 1 aromatic carbocycles. The molecule has 0 aliphatic rings. The van der Waals surface area contributed by atoms with Gasteiger partial charge in [0.15, 0.2) is 0 Å². The van der Waals surface area contributed by atoms with Crippen molar-refractivity contribution in [2.45, 2.75) is 52.7 Å². The third kappa shape index (κ3) is 4.67.